The average Bonchev–Trinajstić information content (AvgIpc) is 3.11. The van der Waals surface area contributed by atoms with Crippen molar-refractivity contribution in [2.75, 3.05) is 14.2 Å². The number of hydrogen-bond donors (Lipinski definition) is 1. The number of nitrogens with zero attached hydrogens (tertiary/aromatic N) is 2. The Morgan fingerprint density at radius 2 is 1.73 bits per heavy atom. The van der Waals surface area contributed by atoms with Crippen molar-refractivity contribution >= 4 is 5.91 Å². The first-order chi connectivity index (χ1) is 12.6. The number of carbonyl (C=O) groups is 1. The number of hydrogen-bond acceptors (Lipinski definition) is 4. The molecule has 0 aliphatic rings. The first-order valence-electron chi connectivity index (χ1n) is 8.21. The second kappa shape index (κ2) is 7.74. The molecule has 2 aromatic carbocycles. The highest BCUT2D eigenvalue weighted by Gasteiger charge is 2.10. The van der Waals surface area contributed by atoms with E-state index < -0.39 is 0 Å². The van der Waals surface area contributed by atoms with Gasteiger partial charge in [0.2, 0.25) is 0 Å². The summed E-state index contributed by atoms with van der Waals surface area (Å²) in [5, 5.41) is 2.91. The van der Waals surface area contributed by atoms with E-state index in [1.54, 1.807) is 38.6 Å². The summed E-state index contributed by atoms with van der Waals surface area (Å²) >= 11 is 0. The third kappa shape index (κ3) is 3.85. The highest BCUT2D eigenvalue weighted by atomic mass is 16.5. The van der Waals surface area contributed by atoms with E-state index in [1.165, 1.54) is 0 Å². The molecule has 134 valence electrons. The van der Waals surface area contributed by atoms with Crippen LogP contribution in [-0.4, -0.2) is 29.7 Å². The summed E-state index contributed by atoms with van der Waals surface area (Å²) in [6.45, 7) is 2.39. The molecule has 0 spiro atoms. The Labute approximate surface area is 152 Å². The third-order valence-electron chi connectivity index (χ3n) is 4.11. The lowest BCUT2D eigenvalue weighted by Crippen LogP contribution is -2.22. The molecule has 0 aliphatic carbocycles. The lowest BCUT2D eigenvalue weighted by atomic mass is 10.1. The lowest BCUT2D eigenvalue weighted by molar-refractivity contribution is 0.0950. The molecule has 0 bridgehead atoms. The van der Waals surface area contributed by atoms with Gasteiger partial charge in [-0.25, -0.2) is 4.98 Å². The number of benzene rings is 2. The molecule has 26 heavy (non-hydrogen) atoms. The molecule has 0 saturated carbocycles. The fourth-order valence-electron chi connectivity index (χ4n) is 2.65. The Morgan fingerprint density at radius 1 is 1.08 bits per heavy atom. The average molecular weight is 351 g/mol. The molecule has 6 heteroatoms. The summed E-state index contributed by atoms with van der Waals surface area (Å²) in [6.07, 6.45) is 3.69. The summed E-state index contributed by atoms with van der Waals surface area (Å²) in [4.78, 5) is 16.6. The van der Waals surface area contributed by atoms with E-state index in [0.717, 1.165) is 17.1 Å². The molecule has 0 fully saturated rings. The highest BCUT2D eigenvalue weighted by Crippen LogP contribution is 2.22. The first kappa shape index (κ1) is 17.5. The van der Waals surface area contributed by atoms with Crippen molar-refractivity contribution in [2.24, 2.45) is 0 Å². The second-order valence-electron chi connectivity index (χ2n) is 5.79. The number of aryl methyl sites for hydroxylation is 1. The van der Waals surface area contributed by atoms with Crippen molar-refractivity contribution in [1.82, 2.24) is 14.9 Å². The van der Waals surface area contributed by atoms with Crippen LogP contribution in [0.2, 0.25) is 0 Å². The quantitative estimate of drug-likeness (QED) is 0.741. The lowest BCUT2D eigenvalue weighted by Gasteiger charge is -2.10. The number of ether oxygens (including phenoxy) is 2. The monoisotopic (exact) mass is 351 g/mol. The van der Waals surface area contributed by atoms with Gasteiger partial charge < -0.3 is 19.4 Å². The van der Waals surface area contributed by atoms with Gasteiger partial charge in [0, 0.05) is 36.3 Å². The molecule has 0 unspecified atom stereocenters. The molecule has 1 heterocycles. The SMILES string of the molecule is COc1cc(OC)cc(C(=O)NCc2ccc(-n3ccnc3C)cc2)c1. The molecular weight excluding hydrogens is 330 g/mol. The first-order valence-corrected chi connectivity index (χ1v) is 8.21. The van der Waals surface area contributed by atoms with Crippen LogP contribution in [0.3, 0.4) is 0 Å². The Bertz CT molecular complexity index is 879. The predicted octanol–water partition coefficient (Wildman–Crippen LogP) is 3.13. The van der Waals surface area contributed by atoms with Crippen LogP contribution in [-0.2, 0) is 6.54 Å². The molecule has 0 radical (unpaired) electrons. The molecule has 1 amide bonds. The van der Waals surface area contributed by atoms with Crippen LogP contribution in [0.15, 0.2) is 54.9 Å². The zero-order valence-electron chi connectivity index (χ0n) is 15.0. The van der Waals surface area contributed by atoms with Gasteiger partial charge in [0.05, 0.1) is 14.2 Å². The van der Waals surface area contributed by atoms with Crippen LogP contribution in [0.5, 0.6) is 11.5 Å². The number of aromatic nitrogens is 2. The van der Waals surface area contributed by atoms with Crippen molar-refractivity contribution in [3.05, 3.63) is 71.8 Å². The van der Waals surface area contributed by atoms with E-state index in [2.05, 4.69) is 10.3 Å². The number of carbonyl (C=O) groups excluding carboxylic acids is 1. The summed E-state index contributed by atoms with van der Waals surface area (Å²) in [5.41, 5.74) is 2.54. The smallest absolute Gasteiger partial charge is 0.251 e. The zero-order chi connectivity index (χ0) is 18.5. The Balaban J connectivity index is 1.67. The van der Waals surface area contributed by atoms with E-state index >= 15 is 0 Å². The van der Waals surface area contributed by atoms with Crippen LogP contribution in [0.1, 0.15) is 21.7 Å². The van der Waals surface area contributed by atoms with E-state index in [-0.39, 0.29) is 5.91 Å². The molecule has 0 atom stereocenters. The summed E-state index contributed by atoms with van der Waals surface area (Å²) in [6, 6.07) is 13.1. The fourth-order valence-corrected chi connectivity index (χ4v) is 2.65. The maximum Gasteiger partial charge on any atom is 0.251 e. The third-order valence-corrected chi connectivity index (χ3v) is 4.11. The minimum Gasteiger partial charge on any atom is -0.497 e. The van der Waals surface area contributed by atoms with Gasteiger partial charge in [-0.05, 0) is 36.8 Å². The molecule has 0 aliphatic heterocycles. The van der Waals surface area contributed by atoms with Crippen LogP contribution >= 0.6 is 0 Å². The molecule has 1 N–H and O–H groups in total. The van der Waals surface area contributed by atoms with Gasteiger partial charge in [0.1, 0.15) is 17.3 Å². The molecule has 1 aromatic heterocycles. The predicted molar refractivity (Wildman–Crippen MR) is 99.0 cm³/mol. The van der Waals surface area contributed by atoms with Crippen molar-refractivity contribution in [1.29, 1.82) is 0 Å². The highest BCUT2D eigenvalue weighted by molar-refractivity contribution is 5.95. The van der Waals surface area contributed by atoms with E-state index in [9.17, 15) is 4.79 Å². The van der Waals surface area contributed by atoms with Gasteiger partial charge >= 0.3 is 0 Å². The van der Waals surface area contributed by atoms with Crippen molar-refractivity contribution in [3.63, 3.8) is 0 Å². The minimum atomic E-state index is -0.184. The van der Waals surface area contributed by atoms with Crippen LogP contribution in [0.25, 0.3) is 5.69 Å². The number of amides is 1. The van der Waals surface area contributed by atoms with Gasteiger partial charge in [0.25, 0.3) is 5.91 Å². The molecule has 6 nitrogen and oxygen atoms in total. The Hall–Kier alpha value is -3.28. The van der Waals surface area contributed by atoms with E-state index in [1.807, 2.05) is 42.0 Å². The van der Waals surface area contributed by atoms with E-state index in [0.29, 0.717) is 23.6 Å². The van der Waals surface area contributed by atoms with E-state index in [4.69, 9.17) is 9.47 Å². The maximum atomic E-state index is 12.4. The zero-order valence-corrected chi connectivity index (χ0v) is 15.0. The van der Waals surface area contributed by atoms with Gasteiger partial charge in [0.15, 0.2) is 0 Å². The van der Waals surface area contributed by atoms with Crippen molar-refractivity contribution in [3.8, 4) is 17.2 Å². The topological polar surface area (TPSA) is 65.4 Å². The Kier molecular flexibility index (Phi) is 5.22. The molecule has 3 rings (SSSR count). The number of rotatable bonds is 6. The second-order valence-corrected chi connectivity index (χ2v) is 5.79. The normalized spacial score (nSPS) is 10.4. The van der Waals surface area contributed by atoms with Crippen LogP contribution < -0.4 is 14.8 Å². The number of nitrogens with one attached hydrogen (secondary N) is 1. The van der Waals surface area contributed by atoms with Gasteiger partial charge in [-0.2, -0.15) is 0 Å². The molecular formula is C20H21N3O3. The van der Waals surface area contributed by atoms with Gasteiger partial charge in [-0.15, -0.1) is 0 Å². The maximum absolute atomic E-state index is 12.4. The summed E-state index contributed by atoms with van der Waals surface area (Å²) in [5.74, 6) is 1.90. The standard InChI is InChI=1S/C20H21N3O3/c1-14-21-8-9-23(14)17-6-4-15(5-7-17)13-22-20(24)16-10-18(25-2)12-19(11-16)26-3/h4-12H,13H2,1-3H3,(H,22,24). The molecule has 0 saturated heterocycles. The number of imidazole rings is 1. The van der Waals surface area contributed by atoms with Gasteiger partial charge in [-0.3, -0.25) is 4.79 Å². The summed E-state index contributed by atoms with van der Waals surface area (Å²) < 4.78 is 12.4. The molecule has 3 aromatic rings. The van der Waals surface area contributed by atoms with Crippen LogP contribution in [0.4, 0.5) is 0 Å². The minimum absolute atomic E-state index is 0.184. The van der Waals surface area contributed by atoms with Crippen LogP contribution in [0, 0.1) is 6.92 Å². The number of methoxy groups -OCH3 is 2. The summed E-state index contributed by atoms with van der Waals surface area (Å²) in [7, 11) is 3.11. The fraction of sp³-hybridized carbons (Fsp3) is 0.200. The Morgan fingerprint density at radius 3 is 2.27 bits per heavy atom. The largest absolute Gasteiger partial charge is 0.497 e. The van der Waals surface area contributed by atoms with Crippen molar-refractivity contribution < 1.29 is 14.3 Å². The van der Waals surface area contributed by atoms with Crippen molar-refractivity contribution in [2.45, 2.75) is 13.5 Å². The van der Waals surface area contributed by atoms with Gasteiger partial charge in [-0.1, -0.05) is 12.1 Å².